The molecular formula is C27H32FN9O4. The second-order valence-electron chi connectivity index (χ2n) is 9.63. The molecule has 3 aromatic heterocycles. The van der Waals surface area contributed by atoms with Crippen molar-refractivity contribution in [2.45, 2.75) is 45.3 Å². The summed E-state index contributed by atoms with van der Waals surface area (Å²) in [5, 5.41) is 4.31. The standard InChI is InChI=1S/C27H32FN9O4/c1-27(2,25(39)40-3)41-18-9-10-20(19(28)16-18)35(13-11-29)12-7-5-4-6-8-21-32-24-22-23(33-26(30)37(24)34-21)36(14-15-38)17-31-22/h9-10,15-17H,4-5,7,11-14,29H2,1-3H3,(H2,30,33). The number of unbranched alkanes of at least 4 members (excludes halogenated alkanes) is 2. The average Bonchev–Trinajstić information content (AvgIpc) is 3.54. The lowest BCUT2D eigenvalue weighted by molar-refractivity contribution is -0.156. The van der Waals surface area contributed by atoms with Gasteiger partial charge in [-0.2, -0.15) is 14.5 Å². The minimum atomic E-state index is -1.25. The van der Waals surface area contributed by atoms with E-state index in [1.54, 1.807) is 30.5 Å². The highest BCUT2D eigenvalue weighted by molar-refractivity contribution is 5.87. The van der Waals surface area contributed by atoms with Crippen molar-refractivity contribution in [1.29, 1.82) is 0 Å². The first kappa shape index (κ1) is 29.2. The van der Waals surface area contributed by atoms with E-state index < -0.39 is 17.4 Å². The number of methoxy groups -OCH3 is 1. The largest absolute Gasteiger partial charge is 0.476 e. The van der Waals surface area contributed by atoms with Crippen LogP contribution in [-0.4, -0.2) is 73.7 Å². The van der Waals surface area contributed by atoms with Gasteiger partial charge >= 0.3 is 5.97 Å². The molecule has 4 aromatic rings. The highest BCUT2D eigenvalue weighted by Crippen LogP contribution is 2.27. The normalized spacial score (nSPS) is 11.3. The van der Waals surface area contributed by atoms with E-state index in [9.17, 15) is 9.59 Å². The van der Waals surface area contributed by atoms with Crippen molar-refractivity contribution in [1.82, 2.24) is 29.1 Å². The molecule has 216 valence electrons. The van der Waals surface area contributed by atoms with Crippen molar-refractivity contribution in [2.24, 2.45) is 5.73 Å². The van der Waals surface area contributed by atoms with Gasteiger partial charge in [-0.1, -0.05) is 5.92 Å². The molecule has 1 aromatic carbocycles. The monoisotopic (exact) mass is 565 g/mol. The number of benzene rings is 1. The molecule has 4 N–H and O–H groups in total. The summed E-state index contributed by atoms with van der Waals surface area (Å²) in [6.45, 7) is 4.59. The van der Waals surface area contributed by atoms with Crippen LogP contribution in [0.15, 0.2) is 24.5 Å². The Morgan fingerprint density at radius 3 is 2.73 bits per heavy atom. The molecule has 0 saturated heterocycles. The van der Waals surface area contributed by atoms with Crippen LogP contribution in [0.3, 0.4) is 0 Å². The molecular weight excluding hydrogens is 533 g/mol. The molecule has 41 heavy (non-hydrogen) atoms. The van der Waals surface area contributed by atoms with Gasteiger partial charge < -0.3 is 35.2 Å². The van der Waals surface area contributed by atoms with Gasteiger partial charge in [0, 0.05) is 32.1 Å². The van der Waals surface area contributed by atoms with Gasteiger partial charge in [-0.15, -0.1) is 5.10 Å². The second-order valence-corrected chi connectivity index (χ2v) is 9.63. The fraction of sp³-hybridized carbons (Fsp3) is 0.407. The van der Waals surface area contributed by atoms with E-state index in [4.69, 9.17) is 20.9 Å². The van der Waals surface area contributed by atoms with Crippen LogP contribution >= 0.6 is 0 Å². The van der Waals surface area contributed by atoms with Gasteiger partial charge in [0.05, 0.1) is 25.7 Å². The van der Waals surface area contributed by atoms with Crippen LogP contribution in [0.1, 0.15) is 38.9 Å². The number of halogens is 1. The third-order valence-corrected chi connectivity index (χ3v) is 6.23. The highest BCUT2D eigenvalue weighted by atomic mass is 19.1. The summed E-state index contributed by atoms with van der Waals surface area (Å²) < 4.78 is 28.3. The Bertz CT molecular complexity index is 1620. The maximum Gasteiger partial charge on any atom is 0.349 e. The number of rotatable bonds is 12. The molecule has 0 spiro atoms. The van der Waals surface area contributed by atoms with Crippen LogP contribution in [0.2, 0.25) is 0 Å². The van der Waals surface area contributed by atoms with Gasteiger partial charge in [-0.05, 0) is 44.7 Å². The molecule has 0 radical (unpaired) electrons. The number of imidazole rings is 1. The van der Waals surface area contributed by atoms with Gasteiger partial charge in [-0.3, -0.25) is 0 Å². The number of carbonyl (C=O) groups is 2. The van der Waals surface area contributed by atoms with Crippen molar-refractivity contribution >= 4 is 40.7 Å². The minimum Gasteiger partial charge on any atom is -0.476 e. The number of hydrogen-bond donors (Lipinski definition) is 2. The third kappa shape index (κ3) is 6.52. The number of esters is 1. The lowest BCUT2D eigenvalue weighted by Gasteiger charge is -2.26. The SMILES string of the molecule is COC(=O)C(C)(C)Oc1ccc(N(CCN)CCCCC#Cc2nc3c4ncn(CC=O)c4nc(N)n3n2)c(F)c1. The quantitative estimate of drug-likeness (QED) is 0.111. The molecule has 4 rings (SSSR count). The van der Waals surface area contributed by atoms with Crippen molar-refractivity contribution in [2.75, 3.05) is 37.4 Å². The molecule has 0 aliphatic carbocycles. The van der Waals surface area contributed by atoms with E-state index >= 15 is 4.39 Å². The number of hydrogen-bond acceptors (Lipinski definition) is 11. The number of ether oxygens (including phenoxy) is 2. The third-order valence-electron chi connectivity index (χ3n) is 6.23. The molecule has 13 nitrogen and oxygen atoms in total. The summed E-state index contributed by atoms with van der Waals surface area (Å²) in [6, 6.07) is 4.48. The second kappa shape index (κ2) is 12.6. The summed E-state index contributed by atoms with van der Waals surface area (Å²) in [5.41, 5.74) is 12.3. The van der Waals surface area contributed by atoms with Gasteiger partial charge in [-0.25, -0.2) is 14.2 Å². The van der Waals surface area contributed by atoms with E-state index in [0.29, 0.717) is 48.6 Å². The van der Waals surface area contributed by atoms with E-state index in [1.165, 1.54) is 24.0 Å². The smallest absolute Gasteiger partial charge is 0.349 e. The highest BCUT2D eigenvalue weighted by Gasteiger charge is 2.31. The van der Waals surface area contributed by atoms with Crippen LogP contribution < -0.4 is 21.1 Å². The van der Waals surface area contributed by atoms with Crippen molar-refractivity contribution in [3.05, 3.63) is 36.2 Å². The molecule has 0 amide bonds. The number of aromatic nitrogens is 6. The predicted octanol–water partition coefficient (Wildman–Crippen LogP) is 1.71. The maximum atomic E-state index is 15.0. The number of nitrogens with two attached hydrogens (primary N) is 2. The molecule has 3 heterocycles. The average molecular weight is 566 g/mol. The molecule has 0 unspecified atom stereocenters. The van der Waals surface area contributed by atoms with Crippen LogP contribution in [0, 0.1) is 17.7 Å². The van der Waals surface area contributed by atoms with Gasteiger partial charge in [0.2, 0.25) is 11.8 Å². The first-order chi connectivity index (χ1) is 19.7. The molecule has 14 heteroatoms. The number of carbonyl (C=O) groups excluding carboxylic acids is 2. The Hall–Kier alpha value is -4.77. The first-order valence-electron chi connectivity index (χ1n) is 13.0. The van der Waals surface area contributed by atoms with Crippen molar-refractivity contribution in [3.8, 4) is 17.6 Å². The number of aldehydes is 1. The van der Waals surface area contributed by atoms with E-state index in [1.807, 2.05) is 4.90 Å². The van der Waals surface area contributed by atoms with E-state index in [2.05, 4.69) is 31.9 Å². The van der Waals surface area contributed by atoms with Crippen molar-refractivity contribution < 1.29 is 23.5 Å². The zero-order valence-electron chi connectivity index (χ0n) is 23.1. The molecule has 0 aliphatic rings. The van der Waals surface area contributed by atoms with Gasteiger partial charge in [0.25, 0.3) is 0 Å². The minimum absolute atomic E-state index is 0.102. The fourth-order valence-corrected chi connectivity index (χ4v) is 4.25. The van der Waals surface area contributed by atoms with Gasteiger partial charge in [0.15, 0.2) is 22.4 Å². The topological polar surface area (TPSA) is 169 Å². The van der Waals surface area contributed by atoms with Crippen LogP contribution in [0.5, 0.6) is 5.75 Å². The maximum absolute atomic E-state index is 15.0. The Kier molecular flexibility index (Phi) is 8.98. The summed E-state index contributed by atoms with van der Waals surface area (Å²) in [7, 11) is 1.27. The first-order valence-corrected chi connectivity index (χ1v) is 13.0. The van der Waals surface area contributed by atoms with Crippen LogP contribution in [0.25, 0.3) is 16.8 Å². The Morgan fingerprint density at radius 2 is 2.02 bits per heavy atom. The number of fused-ring (bicyclic) bond motifs is 3. The number of nitrogen functional groups attached to an aromatic ring is 1. The Morgan fingerprint density at radius 1 is 1.22 bits per heavy atom. The van der Waals surface area contributed by atoms with E-state index in [-0.39, 0.29) is 24.1 Å². The van der Waals surface area contributed by atoms with Crippen LogP contribution in [0.4, 0.5) is 16.0 Å². The fourth-order valence-electron chi connectivity index (χ4n) is 4.25. The zero-order valence-corrected chi connectivity index (χ0v) is 23.1. The zero-order chi connectivity index (χ0) is 29.6. The Labute approximate surface area is 235 Å². The van der Waals surface area contributed by atoms with E-state index in [0.717, 1.165) is 19.1 Å². The van der Waals surface area contributed by atoms with Crippen molar-refractivity contribution in [3.63, 3.8) is 0 Å². The lowest BCUT2D eigenvalue weighted by atomic mass is 10.1. The molecule has 0 atom stereocenters. The molecule has 0 fully saturated rings. The molecule has 0 aliphatic heterocycles. The lowest BCUT2D eigenvalue weighted by Crippen LogP contribution is -2.39. The van der Waals surface area contributed by atoms with Crippen LogP contribution in [-0.2, 0) is 20.9 Å². The van der Waals surface area contributed by atoms with Gasteiger partial charge in [0.1, 0.15) is 17.9 Å². The summed E-state index contributed by atoms with van der Waals surface area (Å²) >= 11 is 0. The summed E-state index contributed by atoms with van der Waals surface area (Å²) in [5.74, 6) is 5.57. The molecule has 0 bridgehead atoms. The molecule has 0 saturated carbocycles. The number of nitrogens with zero attached hydrogens (tertiary/aromatic N) is 7. The summed E-state index contributed by atoms with van der Waals surface area (Å²) in [6.07, 6.45) is 4.31. The number of anilines is 2. The Balaban J connectivity index is 1.36. The predicted molar refractivity (Wildman–Crippen MR) is 150 cm³/mol. The summed E-state index contributed by atoms with van der Waals surface area (Å²) in [4.78, 5) is 37.6.